The zero-order chi connectivity index (χ0) is 20.9. The lowest BCUT2D eigenvalue weighted by Crippen LogP contribution is -2.32. The molecule has 0 aliphatic carbocycles. The fourth-order valence-electron chi connectivity index (χ4n) is 2.95. The van der Waals surface area contributed by atoms with Crippen molar-refractivity contribution >= 4 is 17.5 Å². The summed E-state index contributed by atoms with van der Waals surface area (Å²) in [6, 6.07) is 21.6. The summed E-state index contributed by atoms with van der Waals surface area (Å²) < 4.78 is 1.33. The van der Waals surface area contributed by atoms with Crippen LogP contribution in [0.1, 0.15) is 10.5 Å². The molecular weight excluding hydrogens is 402 g/mol. The Balaban J connectivity index is 1.40. The molecule has 0 bridgehead atoms. The number of aromatic nitrogens is 4. The van der Waals surface area contributed by atoms with Crippen LogP contribution in [0.2, 0.25) is 5.02 Å². The number of hydrogen-bond donors (Lipinski definition) is 2. The van der Waals surface area contributed by atoms with Crippen molar-refractivity contribution in [3.63, 3.8) is 0 Å². The van der Waals surface area contributed by atoms with Gasteiger partial charge in [0.2, 0.25) is 0 Å². The highest BCUT2D eigenvalue weighted by molar-refractivity contribution is 6.30. The van der Waals surface area contributed by atoms with Crippen LogP contribution in [0.4, 0.5) is 0 Å². The third-order valence-corrected chi connectivity index (χ3v) is 4.76. The second-order valence-electron chi connectivity index (χ2n) is 6.58. The topological polar surface area (TPSA) is 92.7 Å². The Labute approximate surface area is 177 Å². The number of amides is 1. The number of aromatic amines is 1. The van der Waals surface area contributed by atoms with E-state index in [4.69, 9.17) is 11.6 Å². The molecular formula is C22H18ClN5O2. The zero-order valence-electron chi connectivity index (χ0n) is 15.9. The van der Waals surface area contributed by atoms with Gasteiger partial charge in [0.15, 0.2) is 0 Å². The van der Waals surface area contributed by atoms with Gasteiger partial charge in [-0.05, 0) is 24.3 Å². The first-order valence-electron chi connectivity index (χ1n) is 9.33. The van der Waals surface area contributed by atoms with Crippen LogP contribution in [0.15, 0.2) is 77.6 Å². The number of nitrogens with zero attached hydrogens (tertiary/aromatic N) is 3. The first-order valence-corrected chi connectivity index (χ1v) is 9.71. The molecule has 4 aromatic rings. The third kappa shape index (κ3) is 4.47. The Morgan fingerprint density at radius 3 is 2.47 bits per heavy atom. The van der Waals surface area contributed by atoms with Gasteiger partial charge >= 0.3 is 0 Å². The molecule has 150 valence electrons. The van der Waals surface area contributed by atoms with E-state index < -0.39 is 0 Å². The molecule has 0 unspecified atom stereocenters. The van der Waals surface area contributed by atoms with Crippen LogP contribution in [0.25, 0.3) is 22.5 Å². The van der Waals surface area contributed by atoms with Crippen LogP contribution >= 0.6 is 11.6 Å². The molecule has 2 heterocycles. The summed E-state index contributed by atoms with van der Waals surface area (Å²) in [5.74, 6) is -0.299. The molecule has 0 aliphatic rings. The van der Waals surface area contributed by atoms with Gasteiger partial charge in [0.05, 0.1) is 17.9 Å². The Morgan fingerprint density at radius 1 is 0.967 bits per heavy atom. The number of rotatable bonds is 6. The lowest BCUT2D eigenvalue weighted by molar-refractivity contribution is 0.0946. The van der Waals surface area contributed by atoms with Crippen LogP contribution in [-0.2, 0) is 6.54 Å². The number of benzene rings is 2. The summed E-state index contributed by atoms with van der Waals surface area (Å²) in [6.45, 7) is 0.487. The highest BCUT2D eigenvalue weighted by Crippen LogP contribution is 2.18. The Hall–Kier alpha value is -3.71. The first kappa shape index (κ1) is 19.6. The molecule has 4 rings (SSSR count). The maximum atomic E-state index is 12.4. The maximum absolute atomic E-state index is 12.4. The first-order chi connectivity index (χ1) is 14.6. The molecule has 30 heavy (non-hydrogen) atoms. The van der Waals surface area contributed by atoms with E-state index in [1.54, 1.807) is 24.3 Å². The molecule has 0 atom stereocenters. The van der Waals surface area contributed by atoms with Crippen LogP contribution in [0.3, 0.4) is 0 Å². The Bertz CT molecular complexity index is 1220. The number of nitrogens with one attached hydrogen (secondary N) is 2. The number of H-pyrrole nitrogens is 1. The average Bonchev–Trinajstić information content (AvgIpc) is 3.27. The highest BCUT2D eigenvalue weighted by atomic mass is 35.5. The summed E-state index contributed by atoms with van der Waals surface area (Å²) >= 11 is 5.92. The second-order valence-corrected chi connectivity index (χ2v) is 7.01. The Morgan fingerprint density at radius 2 is 1.70 bits per heavy atom. The quantitative estimate of drug-likeness (QED) is 0.501. The number of halogens is 1. The van der Waals surface area contributed by atoms with Gasteiger partial charge in [-0.2, -0.15) is 10.2 Å². The molecule has 0 fully saturated rings. The molecule has 0 saturated carbocycles. The smallest absolute Gasteiger partial charge is 0.269 e. The van der Waals surface area contributed by atoms with Crippen LogP contribution < -0.4 is 10.9 Å². The van der Waals surface area contributed by atoms with Crippen molar-refractivity contribution < 1.29 is 4.79 Å². The van der Waals surface area contributed by atoms with Gasteiger partial charge in [0.25, 0.3) is 11.5 Å². The van der Waals surface area contributed by atoms with Crippen LogP contribution in [0, 0.1) is 0 Å². The fraction of sp³-hybridized carbons (Fsp3) is 0.0909. The van der Waals surface area contributed by atoms with E-state index in [1.165, 1.54) is 10.7 Å². The van der Waals surface area contributed by atoms with E-state index in [0.717, 1.165) is 11.1 Å². The maximum Gasteiger partial charge on any atom is 0.269 e. The van der Waals surface area contributed by atoms with Crippen molar-refractivity contribution in [3.05, 3.63) is 93.9 Å². The van der Waals surface area contributed by atoms with E-state index in [9.17, 15) is 9.59 Å². The molecule has 0 spiro atoms. The van der Waals surface area contributed by atoms with Gasteiger partial charge < -0.3 is 5.32 Å². The van der Waals surface area contributed by atoms with Gasteiger partial charge in [-0.1, -0.05) is 54.1 Å². The normalized spacial score (nSPS) is 10.7. The summed E-state index contributed by atoms with van der Waals surface area (Å²) in [4.78, 5) is 24.5. The van der Waals surface area contributed by atoms with Crippen molar-refractivity contribution in [2.45, 2.75) is 6.54 Å². The summed E-state index contributed by atoms with van der Waals surface area (Å²) in [6.07, 6.45) is 0. The number of carbonyl (C=O) groups is 1. The van der Waals surface area contributed by atoms with Crippen molar-refractivity contribution in [2.75, 3.05) is 6.54 Å². The van der Waals surface area contributed by atoms with Gasteiger partial charge in [-0.3, -0.25) is 14.7 Å². The van der Waals surface area contributed by atoms with Gasteiger partial charge in [0, 0.05) is 28.8 Å². The standard InChI is InChI=1S/C22H18ClN5O2/c23-17-8-6-16(7-9-17)18-10-11-21(29)28(27-18)13-12-24-22(30)20-14-19(25-26-20)15-4-2-1-3-5-15/h1-11,14H,12-13H2,(H,24,30)(H,25,26). The second kappa shape index (κ2) is 8.75. The lowest BCUT2D eigenvalue weighted by atomic mass is 10.1. The van der Waals surface area contributed by atoms with Gasteiger partial charge in [-0.25, -0.2) is 4.68 Å². The van der Waals surface area contributed by atoms with E-state index in [1.807, 2.05) is 42.5 Å². The monoisotopic (exact) mass is 419 g/mol. The van der Waals surface area contributed by atoms with E-state index in [0.29, 0.717) is 22.1 Å². The molecule has 2 N–H and O–H groups in total. The highest BCUT2D eigenvalue weighted by Gasteiger charge is 2.11. The average molecular weight is 420 g/mol. The molecule has 0 saturated heterocycles. The molecule has 2 aromatic heterocycles. The van der Waals surface area contributed by atoms with Crippen molar-refractivity contribution in [1.82, 2.24) is 25.3 Å². The lowest BCUT2D eigenvalue weighted by Gasteiger charge is -2.08. The minimum Gasteiger partial charge on any atom is -0.349 e. The van der Waals surface area contributed by atoms with Crippen molar-refractivity contribution in [3.8, 4) is 22.5 Å². The Kier molecular flexibility index (Phi) is 5.72. The third-order valence-electron chi connectivity index (χ3n) is 4.51. The van der Waals surface area contributed by atoms with E-state index in [2.05, 4.69) is 20.6 Å². The van der Waals surface area contributed by atoms with E-state index >= 15 is 0 Å². The summed E-state index contributed by atoms with van der Waals surface area (Å²) in [5, 5.41) is 14.7. The fourth-order valence-corrected chi connectivity index (χ4v) is 3.08. The minimum atomic E-state index is -0.299. The number of carbonyl (C=O) groups excluding carboxylic acids is 1. The van der Waals surface area contributed by atoms with Crippen molar-refractivity contribution in [2.24, 2.45) is 0 Å². The minimum absolute atomic E-state index is 0.241. The SMILES string of the molecule is O=C(NCCn1nc(-c2ccc(Cl)cc2)ccc1=O)c1cc(-c2ccccc2)n[nH]1. The number of hydrogen-bond acceptors (Lipinski definition) is 4. The molecule has 2 aromatic carbocycles. The van der Waals surface area contributed by atoms with Crippen LogP contribution in [-0.4, -0.2) is 32.4 Å². The van der Waals surface area contributed by atoms with Gasteiger partial charge in [0.1, 0.15) is 5.69 Å². The van der Waals surface area contributed by atoms with Gasteiger partial charge in [-0.15, -0.1) is 0 Å². The van der Waals surface area contributed by atoms with E-state index in [-0.39, 0.29) is 24.6 Å². The zero-order valence-corrected chi connectivity index (χ0v) is 16.6. The summed E-state index contributed by atoms with van der Waals surface area (Å²) in [7, 11) is 0. The predicted molar refractivity (Wildman–Crippen MR) is 115 cm³/mol. The summed E-state index contributed by atoms with van der Waals surface area (Å²) in [5.41, 5.74) is 3.22. The molecule has 1 amide bonds. The predicted octanol–water partition coefficient (Wildman–Crippen LogP) is 3.38. The molecule has 7 nitrogen and oxygen atoms in total. The molecule has 0 radical (unpaired) electrons. The molecule has 8 heteroatoms. The molecule has 0 aliphatic heterocycles. The van der Waals surface area contributed by atoms with Crippen molar-refractivity contribution in [1.29, 1.82) is 0 Å². The largest absolute Gasteiger partial charge is 0.349 e. The van der Waals surface area contributed by atoms with Crippen LogP contribution in [0.5, 0.6) is 0 Å².